The zero-order chi connectivity index (χ0) is 22.3. The van der Waals surface area contributed by atoms with Gasteiger partial charge in [-0.25, -0.2) is 0 Å². The minimum Gasteiger partial charge on any atom is -0.374 e. The Bertz CT molecular complexity index is 1060. The van der Waals surface area contributed by atoms with Gasteiger partial charge in [-0.05, 0) is 31.0 Å². The lowest BCUT2D eigenvalue weighted by Gasteiger charge is -2.40. The van der Waals surface area contributed by atoms with Crippen molar-refractivity contribution in [3.05, 3.63) is 29.3 Å². The molecule has 2 N–H and O–H groups in total. The second-order valence-electron chi connectivity index (χ2n) is 7.71. The predicted octanol–water partition coefficient (Wildman–Crippen LogP) is -0.429. The number of hydrogen-bond acceptors (Lipinski definition) is 8. The fraction of sp³-hybridized carbons (Fsp3) is 0.474. The highest BCUT2D eigenvalue weighted by Crippen LogP contribution is 2.32. The van der Waals surface area contributed by atoms with Gasteiger partial charge in [-0.2, -0.15) is 8.42 Å². The second-order valence-corrected chi connectivity index (χ2v) is 9.29. The summed E-state index contributed by atoms with van der Waals surface area (Å²) in [4.78, 5) is 51.9. The van der Waals surface area contributed by atoms with Crippen LogP contribution in [-0.4, -0.2) is 79.1 Å². The van der Waals surface area contributed by atoms with Crippen LogP contribution in [0, 0.1) is 0 Å². The number of fused-ring (bicyclic) bond motifs is 1. The fourth-order valence-electron chi connectivity index (χ4n) is 3.90. The fourth-order valence-corrected chi connectivity index (χ4v) is 4.38. The molecule has 0 bridgehead atoms. The lowest BCUT2D eigenvalue weighted by Crippen LogP contribution is -2.54. The van der Waals surface area contributed by atoms with Crippen LogP contribution >= 0.6 is 0 Å². The van der Waals surface area contributed by atoms with Gasteiger partial charge >= 0.3 is 0 Å². The number of ether oxygens (including phenoxy) is 1. The van der Waals surface area contributed by atoms with E-state index < -0.39 is 39.8 Å². The average Bonchev–Trinajstić information content (AvgIpc) is 2.90. The Morgan fingerprint density at radius 1 is 1.10 bits per heavy atom. The van der Waals surface area contributed by atoms with Gasteiger partial charge in [0.05, 0.1) is 23.0 Å². The van der Waals surface area contributed by atoms with Gasteiger partial charge in [0.15, 0.2) is 0 Å². The third kappa shape index (κ3) is 4.31. The van der Waals surface area contributed by atoms with Gasteiger partial charge in [0.2, 0.25) is 11.8 Å². The van der Waals surface area contributed by atoms with Crippen LogP contribution in [0.4, 0.5) is 5.69 Å². The first-order valence-electron chi connectivity index (χ1n) is 9.81. The molecule has 12 heteroatoms. The van der Waals surface area contributed by atoms with Crippen LogP contribution in [0.5, 0.6) is 0 Å². The van der Waals surface area contributed by atoms with Crippen molar-refractivity contribution in [2.75, 3.05) is 30.3 Å². The third-order valence-electron chi connectivity index (χ3n) is 5.54. The van der Waals surface area contributed by atoms with Gasteiger partial charge in [0.25, 0.3) is 21.9 Å². The number of benzene rings is 1. The SMILES string of the molecule is O=C1CCC(N2C(=O)c3ccc(N4CC(OCCCS(=O)(=O)O)C4)cc3C2=O)C(=O)N1. The number of anilines is 1. The summed E-state index contributed by atoms with van der Waals surface area (Å²) in [7, 11) is -3.99. The highest BCUT2D eigenvalue weighted by Gasteiger charge is 2.45. The summed E-state index contributed by atoms with van der Waals surface area (Å²) in [6.45, 7) is 1.27. The maximum atomic E-state index is 12.9. The molecule has 0 spiro atoms. The number of carbonyl (C=O) groups excluding carboxylic acids is 4. The standard InChI is InChI=1S/C19H21N3O8S/c23-16-5-4-15(17(24)20-16)22-18(25)13-3-2-11(8-14(13)19(22)26)21-9-12(10-21)30-6-1-7-31(27,28)29/h2-3,8,12,15H,1,4-7,9-10H2,(H,20,23,24)(H,27,28,29). The summed E-state index contributed by atoms with van der Waals surface area (Å²) in [5, 5.41) is 2.16. The molecule has 1 aromatic carbocycles. The zero-order valence-corrected chi connectivity index (χ0v) is 17.3. The summed E-state index contributed by atoms with van der Waals surface area (Å²) in [5.41, 5.74) is 1.16. The largest absolute Gasteiger partial charge is 0.374 e. The first-order valence-corrected chi connectivity index (χ1v) is 11.4. The summed E-state index contributed by atoms with van der Waals surface area (Å²) in [6.07, 6.45) is 0.258. The van der Waals surface area contributed by atoms with Crippen LogP contribution in [0.3, 0.4) is 0 Å². The molecule has 0 saturated carbocycles. The maximum absolute atomic E-state index is 12.9. The molecule has 31 heavy (non-hydrogen) atoms. The number of nitrogens with one attached hydrogen (secondary N) is 1. The number of hydrogen-bond donors (Lipinski definition) is 2. The molecule has 1 unspecified atom stereocenters. The summed E-state index contributed by atoms with van der Waals surface area (Å²) in [6, 6.07) is 3.87. The van der Waals surface area contributed by atoms with Crippen LogP contribution in [0.25, 0.3) is 0 Å². The van der Waals surface area contributed by atoms with E-state index >= 15 is 0 Å². The Labute approximate surface area is 178 Å². The first kappa shape index (κ1) is 21.4. The highest BCUT2D eigenvalue weighted by atomic mass is 32.2. The highest BCUT2D eigenvalue weighted by molar-refractivity contribution is 7.85. The molecule has 2 saturated heterocycles. The molecule has 0 aromatic heterocycles. The van der Waals surface area contributed by atoms with Crippen molar-refractivity contribution < 1.29 is 36.9 Å². The van der Waals surface area contributed by atoms with Crippen molar-refractivity contribution in [1.82, 2.24) is 10.2 Å². The minimum atomic E-state index is -3.99. The van der Waals surface area contributed by atoms with E-state index in [0.717, 1.165) is 10.6 Å². The summed E-state index contributed by atoms with van der Waals surface area (Å²) < 4.78 is 35.7. The minimum absolute atomic E-state index is 0.0640. The molecule has 0 radical (unpaired) electrons. The molecule has 1 aromatic rings. The number of rotatable bonds is 7. The van der Waals surface area contributed by atoms with Crippen LogP contribution in [0.15, 0.2) is 18.2 Å². The predicted molar refractivity (Wildman–Crippen MR) is 106 cm³/mol. The van der Waals surface area contributed by atoms with Crippen LogP contribution in [-0.2, 0) is 24.4 Å². The van der Waals surface area contributed by atoms with Crippen molar-refractivity contribution in [2.24, 2.45) is 0 Å². The number of imide groups is 2. The Morgan fingerprint density at radius 2 is 1.81 bits per heavy atom. The topological polar surface area (TPSA) is 150 Å². The monoisotopic (exact) mass is 451 g/mol. The molecule has 4 amide bonds. The molecule has 3 heterocycles. The van der Waals surface area contributed by atoms with Crippen molar-refractivity contribution in [2.45, 2.75) is 31.4 Å². The normalized spacial score (nSPS) is 21.9. The average molecular weight is 451 g/mol. The molecule has 4 rings (SSSR count). The molecule has 0 aliphatic carbocycles. The van der Waals surface area contributed by atoms with Gasteiger partial charge < -0.3 is 9.64 Å². The van der Waals surface area contributed by atoms with Crippen LogP contribution < -0.4 is 10.2 Å². The van der Waals surface area contributed by atoms with Crippen molar-refractivity contribution in [3.63, 3.8) is 0 Å². The van der Waals surface area contributed by atoms with Crippen molar-refractivity contribution in [3.8, 4) is 0 Å². The van der Waals surface area contributed by atoms with Crippen molar-refractivity contribution in [1.29, 1.82) is 0 Å². The smallest absolute Gasteiger partial charge is 0.264 e. The van der Waals surface area contributed by atoms with E-state index in [2.05, 4.69) is 5.32 Å². The Balaban J connectivity index is 1.37. The van der Waals surface area contributed by atoms with Gasteiger partial charge in [0, 0.05) is 31.8 Å². The van der Waals surface area contributed by atoms with E-state index in [9.17, 15) is 27.6 Å². The second kappa shape index (κ2) is 8.02. The number of amides is 4. The lowest BCUT2D eigenvalue weighted by atomic mass is 10.0. The quantitative estimate of drug-likeness (QED) is 0.320. The molecule has 1 atom stereocenters. The molecule has 11 nitrogen and oxygen atoms in total. The van der Waals surface area contributed by atoms with Gasteiger partial charge in [-0.1, -0.05) is 0 Å². The molecule has 3 aliphatic heterocycles. The van der Waals surface area contributed by atoms with Gasteiger partial charge in [-0.3, -0.25) is 33.9 Å². The maximum Gasteiger partial charge on any atom is 0.264 e. The molecule has 2 fully saturated rings. The third-order valence-corrected chi connectivity index (χ3v) is 6.34. The first-order chi connectivity index (χ1) is 14.6. The summed E-state index contributed by atoms with van der Waals surface area (Å²) in [5.74, 6) is -2.54. The van der Waals surface area contributed by atoms with E-state index in [4.69, 9.17) is 9.29 Å². The Hall–Kier alpha value is -2.83. The number of carbonyl (C=O) groups is 4. The number of nitrogens with zero attached hydrogens (tertiary/aromatic N) is 2. The molecule has 166 valence electrons. The van der Waals surface area contributed by atoms with Crippen LogP contribution in [0.2, 0.25) is 0 Å². The molecular weight excluding hydrogens is 430 g/mol. The van der Waals surface area contributed by atoms with E-state index in [1.165, 1.54) is 0 Å². The van der Waals surface area contributed by atoms with E-state index in [-0.39, 0.29) is 48.9 Å². The Kier molecular flexibility index (Phi) is 5.54. The molecule has 3 aliphatic rings. The number of piperidine rings is 1. The van der Waals surface area contributed by atoms with E-state index in [1.54, 1.807) is 18.2 Å². The van der Waals surface area contributed by atoms with E-state index in [0.29, 0.717) is 13.1 Å². The van der Waals surface area contributed by atoms with Crippen molar-refractivity contribution >= 4 is 39.4 Å². The summed E-state index contributed by atoms with van der Waals surface area (Å²) >= 11 is 0. The Morgan fingerprint density at radius 3 is 2.48 bits per heavy atom. The van der Waals surface area contributed by atoms with Crippen LogP contribution in [0.1, 0.15) is 40.0 Å². The van der Waals surface area contributed by atoms with E-state index in [1.807, 2.05) is 4.90 Å². The zero-order valence-electron chi connectivity index (χ0n) is 16.4. The van der Waals surface area contributed by atoms with Gasteiger partial charge in [0.1, 0.15) is 6.04 Å². The lowest BCUT2D eigenvalue weighted by molar-refractivity contribution is -0.136. The molecular formula is C19H21N3O8S. The van der Waals surface area contributed by atoms with Gasteiger partial charge in [-0.15, -0.1) is 0 Å².